The third-order valence-corrected chi connectivity index (χ3v) is 4.68. The molecule has 4 heteroatoms. The average molecular weight is 254 g/mol. The number of thioether (sulfide) groups is 1. The topological polar surface area (TPSA) is 38.1 Å². The van der Waals surface area contributed by atoms with Crippen molar-refractivity contribution in [1.29, 1.82) is 0 Å². The van der Waals surface area contributed by atoms with Gasteiger partial charge in [-0.2, -0.15) is 0 Å². The van der Waals surface area contributed by atoms with E-state index >= 15 is 0 Å². The Balaban J connectivity index is 1.86. The molecule has 0 radical (unpaired) electrons. The summed E-state index contributed by atoms with van der Waals surface area (Å²) < 4.78 is 5.60. The van der Waals surface area contributed by atoms with Crippen molar-refractivity contribution >= 4 is 11.8 Å². The Morgan fingerprint density at radius 2 is 2.12 bits per heavy atom. The standard InChI is InChI=1S/C13H22N2OS/c1-9-10(2)16-13(15-9)17-8-12(14-3)11-6-4-5-7-11/h11-12,14H,4-8H2,1-3H3. The van der Waals surface area contributed by atoms with Crippen LogP contribution in [0, 0.1) is 19.8 Å². The van der Waals surface area contributed by atoms with E-state index in [-0.39, 0.29) is 0 Å². The van der Waals surface area contributed by atoms with Crippen LogP contribution in [0.3, 0.4) is 0 Å². The molecule has 17 heavy (non-hydrogen) atoms. The van der Waals surface area contributed by atoms with E-state index in [2.05, 4.69) is 17.3 Å². The normalized spacial score (nSPS) is 18.8. The molecule has 1 aromatic heterocycles. The highest BCUT2D eigenvalue weighted by Gasteiger charge is 2.24. The maximum atomic E-state index is 5.60. The summed E-state index contributed by atoms with van der Waals surface area (Å²) in [4.78, 5) is 4.41. The lowest BCUT2D eigenvalue weighted by atomic mass is 10.0. The van der Waals surface area contributed by atoms with E-state index in [0.717, 1.165) is 28.3 Å². The van der Waals surface area contributed by atoms with Gasteiger partial charge in [0.25, 0.3) is 5.22 Å². The van der Waals surface area contributed by atoms with Crippen molar-refractivity contribution in [1.82, 2.24) is 10.3 Å². The van der Waals surface area contributed by atoms with Crippen LogP contribution >= 0.6 is 11.8 Å². The van der Waals surface area contributed by atoms with Crippen LogP contribution in [0.2, 0.25) is 0 Å². The van der Waals surface area contributed by atoms with E-state index in [0.29, 0.717) is 6.04 Å². The fourth-order valence-corrected chi connectivity index (χ4v) is 3.63. The number of oxazole rings is 1. The Kier molecular flexibility index (Phi) is 4.51. The summed E-state index contributed by atoms with van der Waals surface area (Å²) in [6.07, 6.45) is 5.53. The van der Waals surface area contributed by atoms with Gasteiger partial charge in [0.1, 0.15) is 5.76 Å². The van der Waals surface area contributed by atoms with Crippen LogP contribution in [0.5, 0.6) is 0 Å². The highest BCUT2D eigenvalue weighted by molar-refractivity contribution is 7.99. The van der Waals surface area contributed by atoms with E-state index in [9.17, 15) is 0 Å². The number of nitrogens with zero attached hydrogens (tertiary/aromatic N) is 1. The van der Waals surface area contributed by atoms with Gasteiger partial charge < -0.3 is 9.73 Å². The molecular formula is C13H22N2OS. The van der Waals surface area contributed by atoms with Gasteiger partial charge in [-0.25, -0.2) is 4.98 Å². The Labute approximate surface area is 108 Å². The van der Waals surface area contributed by atoms with Crippen molar-refractivity contribution in [2.45, 2.75) is 50.8 Å². The summed E-state index contributed by atoms with van der Waals surface area (Å²) in [6.45, 7) is 3.97. The highest BCUT2D eigenvalue weighted by atomic mass is 32.2. The summed E-state index contributed by atoms with van der Waals surface area (Å²) in [7, 11) is 2.07. The summed E-state index contributed by atoms with van der Waals surface area (Å²) in [5.41, 5.74) is 1.01. The first kappa shape index (κ1) is 13.0. The molecule has 0 aliphatic heterocycles. The first-order valence-electron chi connectivity index (χ1n) is 6.45. The van der Waals surface area contributed by atoms with E-state index < -0.39 is 0 Å². The lowest BCUT2D eigenvalue weighted by molar-refractivity contribution is 0.405. The van der Waals surface area contributed by atoms with Crippen LogP contribution in [0.25, 0.3) is 0 Å². The number of aromatic nitrogens is 1. The van der Waals surface area contributed by atoms with Crippen molar-refractivity contribution < 1.29 is 4.42 Å². The second-order valence-electron chi connectivity index (χ2n) is 4.87. The lowest BCUT2D eigenvalue weighted by Gasteiger charge is -2.21. The van der Waals surface area contributed by atoms with Crippen molar-refractivity contribution in [3.63, 3.8) is 0 Å². The summed E-state index contributed by atoms with van der Waals surface area (Å²) in [6, 6.07) is 0.593. The molecule has 1 atom stereocenters. The molecule has 1 heterocycles. The number of aryl methyl sites for hydroxylation is 2. The van der Waals surface area contributed by atoms with E-state index in [1.54, 1.807) is 11.8 Å². The second kappa shape index (κ2) is 5.91. The van der Waals surface area contributed by atoms with Gasteiger partial charge in [0.05, 0.1) is 5.69 Å². The predicted molar refractivity (Wildman–Crippen MR) is 71.5 cm³/mol. The first-order valence-corrected chi connectivity index (χ1v) is 7.43. The Morgan fingerprint density at radius 1 is 1.41 bits per heavy atom. The van der Waals surface area contributed by atoms with Crippen molar-refractivity contribution in [3.05, 3.63) is 11.5 Å². The van der Waals surface area contributed by atoms with Crippen molar-refractivity contribution in [3.8, 4) is 0 Å². The van der Waals surface area contributed by atoms with Crippen LogP contribution in [0.1, 0.15) is 37.1 Å². The molecule has 1 aliphatic carbocycles. The van der Waals surface area contributed by atoms with Crippen LogP contribution in [-0.4, -0.2) is 23.8 Å². The van der Waals surface area contributed by atoms with Gasteiger partial charge in [0, 0.05) is 11.8 Å². The molecule has 0 bridgehead atoms. The molecule has 96 valence electrons. The zero-order valence-electron chi connectivity index (χ0n) is 11.0. The molecule has 1 saturated carbocycles. The zero-order valence-corrected chi connectivity index (χ0v) is 11.8. The molecule has 3 nitrogen and oxygen atoms in total. The average Bonchev–Trinajstić information content (AvgIpc) is 2.92. The second-order valence-corrected chi connectivity index (χ2v) is 5.84. The number of hydrogen-bond acceptors (Lipinski definition) is 4. The third kappa shape index (κ3) is 3.26. The van der Waals surface area contributed by atoms with Gasteiger partial charge in [0.2, 0.25) is 0 Å². The maximum Gasteiger partial charge on any atom is 0.256 e. The Morgan fingerprint density at radius 3 is 2.65 bits per heavy atom. The van der Waals surface area contributed by atoms with Crippen molar-refractivity contribution in [2.24, 2.45) is 5.92 Å². The van der Waals surface area contributed by atoms with Crippen LogP contribution in [0.15, 0.2) is 9.64 Å². The number of hydrogen-bond donors (Lipinski definition) is 1. The van der Waals surface area contributed by atoms with E-state index in [1.165, 1.54) is 25.7 Å². The summed E-state index contributed by atoms with van der Waals surface area (Å²) in [5.74, 6) is 2.83. The molecule has 0 aromatic carbocycles. The quantitative estimate of drug-likeness (QED) is 0.819. The maximum absolute atomic E-state index is 5.60. The minimum Gasteiger partial charge on any atom is -0.437 e. The van der Waals surface area contributed by atoms with Gasteiger partial charge >= 0.3 is 0 Å². The SMILES string of the molecule is CNC(CSc1nc(C)c(C)o1)C1CCCC1. The van der Waals surface area contributed by atoms with Crippen LogP contribution in [0.4, 0.5) is 0 Å². The van der Waals surface area contributed by atoms with Gasteiger partial charge in [-0.1, -0.05) is 24.6 Å². The molecule has 1 fully saturated rings. The predicted octanol–water partition coefficient (Wildman–Crippen LogP) is 3.16. The molecule has 1 aromatic rings. The minimum atomic E-state index is 0.593. The van der Waals surface area contributed by atoms with E-state index in [4.69, 9.17) is 4.42 Å². The monoisotopic (exact) mass is 254 g/mol. The molecule has 0 saturated heterocycles. The molecular weight excluding hydrogens is 232 g/mol. The van der Waals surface area contributed by atoms with Crippen LogP contribution < -0.4 is 5.32 Å². The van der Waals surface area contributed by atoms with Crippen molar-refractivity contribution in [2.75, 3.05) is 12.8 Å². The van der Waals surface area contributed by atoms with Gasteiger partial charge in [-0.3, -0.25) is 0 Å². The minimum absolute atomic E-state index is 0.593. The summed E-state index contributed by atoms with van der Waals surface area (Å²) in [5, 5.41) is 4.26. The van der Waals surface area contributed by atoms with Crippen LogP contribution in [-0.2, 0) is 0 Å². The van der Waals surface area contributed by atoms with Gasteiger partial charge in [-0.15, -0.1) is 0 Å². The molecule has 2 rings (SSSR count). The number of rotatable bonds is 5. The highest BCUT2D eigenvalue weighted by Crippen LogP contribution is 2.30. The summed E-state index contributed by atoms with van der Waals surface area (Å²) >= 11 is 1.73. The largest absolute Gasteiger partial charge is 0.437 e. The van der Waals surface area contributed by atoms with E-state index in [1.807, 2.05) is 13.8 Å². The Bertz CT molecular complexity index is 339. The first-order chi connectivity index (χ1) is 8.20. The third-order valence-electron chi connectivity index (χ3n) is 3.73. The molecule has 0 spiro atoms. The molecule has 1 unspecified atom stereocenters. The fourth-order valence-electron chi connectivity index (χ4n) is 2.48. The molecule has 1 aliphatic rings. The van der Waals surface area contributed by atoms with Gasteiger partial charge in [-0.05, 0) is 39.7 Å². The fraction of sp³-hybridized carbons (Fsp3) is 0.769. The molecule has 0 amide bonds. The molecule has 1 N–H and O–H groups in total. The number of nitrogens with one attached hydrogen (secondary N) is 1. The lowest BCUT2D eigenvalue weighted by Crippen LogP contribution is -2.34. The zero-order chi connectivity index (χ0) is 12.3. The Hall–Kier alpha value is -0.480. The van der Waals surface area contributed by atoms with Gasteiger partial charge in [0.15, 0.2) is 0 Å². The smallest absolute Gasteiger partial charge is 0.256 e.